The van der Waals surface area contributed by atoms with Crippen LogP contribution in [0.3, 0.4) is 0 Å². The van der Waals surface area contributed by atoms with Crippen molar-refractivity contribution in [2.45, 2.75) is 38.3 Å². The van der Waals surface area contributed by atoms with Gasteiger partial charge in [-0.05, 0) is 99.3 Å². The van der Waals surface area contributed by atoms with E-state index in [0.29, 0.717) is 17.5 Å². The zero-order valence-electron chi connectivity index (χ0n) is 19.9. The van der Waals surface area contributed by atoms with Crippen molar-refractivity contribution in [3.8, 4) is 0 Å². The number of likely N-dealkylation sites (tertiary alicyclic amines) is 2. The summed E-state index contributed by atoms with van der Waals surface area (Å²) in [5, 5.41) is 5.71. The SMILES string of the molecule is O=C(NCC1CCCN(C2CCN(Cc3cc(Cl)ccc3Cl)CC2)C1)c1ccc2ncccc2c1. The first kappa shape index (κ1) is 24.5. The van der Waals surface area contributed by atoms with Gasteiger partial charge in [-0.2, -0.15) is 0 Å². The van der Waals surface area contributed by atoms with Gasteiger partial charge in [0.05, 0.1) is 5.52 Å². The summed E-state index contributed by atoms with van der Waals surface area (Å²) in [6.45, 7) is 5.95. The van der Waals surface area contributed by atoms with Crippen molar-refractivity contribution in [3.63, 3.8) is 0 Å². The van der Waals surface area contributed by atoms with E-state index in [4.69, 9.17) is 23.2 Å². The molecule has 184 valence electrons. The van der Waals surface area contributed by atoms with Gasteiger partial charge < -0.3 is 5.32 Å². The number of benzene rings is 2. The Morgan fingerprint density at radius 2 is 1.89 bits per heavy atom. The highest BCUT2D eigenvalue weighted by atomic mass is 35.5. The van der Waals surface area contributed by atoms with E-state index in [0.717, 1.165) is 65.8 Å². The number of fused-ring (bicyclic) bond motifs is 1. The van der Waals surface area contributed by atoms with Gasteiger partial charge in [-0.15, -0.1) is 0 Å². The summed E-state index contributed by atoms with van der Waals surface area (Å²) in [5.41, 5.74) is 2.72. The number of rotatable bonds is 6. The zero-order valence-corrected chi connectivity index (χ0v) is 21.4. The summed E-state index contributed by atoms with van der Waals surface area (Å²) in [4.78, 5) is 22.3. The first-order valence-electron chi connectivity index (χ1n) is 12.6. The maximum Gasteiger partial charge on any atom is 0.251 e. The van der Waals surface area contributed by atoms with Crippen LogP contribution in [0.1, 0.15) is 41.6 Å². The molecule has 5 nitrogen and oxygen atoms in total. The number of amides is 1. The molecule has 0 spiro atoms. The molecule has 2 aromatic carbocycles. The second-order valence-electron chi connectivity index (χ2n) is 9.87. The number of carbonyl (C=O) groups excluding carboxylic acids is 1. The summed E-state index contributed by atoms with van der Waals surface area (Å²) in [7, 11) is 0. The Morgan fingerprint density at radius 1 is 1.03 bits per heavy atom. The van der Waals surface area contributed by atoms with E-state index in [1.807, 2.05) is 48.5 Å². The van der Waals surface area contributed by atoms with E-state index in [1.54, 1.807) is 6.20 Å². The molecule has 1 amide bonds. The Morgan fingerprint density at radius 3 is 2.74 bits per heavy atom. The summed E-state index contributed by atoms with van der Waals surface area (Å²) in [5.74, 6) is 0.499. The predicted octanol–water partition coefficient (Wildman–Crippen LogP) is 5.65. The van der Waals surface area contributed by atoms with Crippen molar-refractivity contribution in [2.24, 2.45) is 5.92 Å². The number of carbonyl (C=O) groups is 1. The van der Waals surface area contributed by atoms with E-state index in [-0.39, 0.29) is 5.91 Å². The van der Waals surface area contributed by atoms with Gasteiger partial charge in [-0.1, -0.05) is 29.3 Å². The van der Waals surface area contributed by atoms with Crippen molar-refractivity contribution in [1.29, 1.82) is 0 Å². The fourth-order valence-electron chi connectivity index (χ4n) is 5.50. The number of halogens is 2. The Kier molecular flexibility index (Phi) is 7.88. The minimum absolute atomic E-state index is 0.000797. The molecule has 0 aliphatic carbocycles. The third kappa shape index (κ3) is 6.15. The van der Waals surface area contributed by atoms with Crippen molar-refractivity contribution >= 4 is 40.0 Å². The maximum absolute atomic E-state index is 12.8. The highest BCUT2D eigenvalue weighted by Crippen LogP contribution is 2.27. The van der Waals surface area contributed by atoms with E-state index < -0.39 is 0 Å². The normalized spacial score (nSPS) is 20.2. The molecule has 2 saturated heterocycles. The highest BCUT2D eigenvalue weighted by Gasteiger charge is 2.29. The molecule has 2 aliphatic heterocycles. The number of pyridine rings is 1. The van der Waals surface area contributed by atoms with Crippen LogP contribution in [0, 0.1) is 5.92 Å². The fraction of sp³-hybridized carbons (Fsp3) is 0.429. The number of piperidine rings is 2. The van der Waals surface area contributed by atoms with Crippen LogP contribution in [0.25, 0.3) is 10.9 Å². The minimum atomic E-state index is 0.000797. The molecule has 1 aromatic heterocycles. The van der Waals surface area contributed by atoms with Crippen molar-refractivity contribution in [1.82, 2.24) is 20.1 Å². The van der Waals surface area contributed by atoms with Gasteiger partial charge in [0.1, 0.15) is 0 Å². The van der Waals surface area contributed by atoms with Crippen LogP contribution in [0.15, 0.2) is 54.7 Å². The summed E-state index contributed by atoms with van der Waals surface area (Å²) < 4.78 is 0. The molecule has 2 fully saturated rings. The monoisotopic (exact) mass is 510 g/mol. The van der Waals surface area contributed by atoms with Crippen molar-refractivity contribution < 1.29 is 4.79 Å². The van der Waals surface area contributed by atoms with E-state index >= 15 is 0 Å². The Balaban J connectivity index is 1.10. The molecule has 1 atom stereocenters. The molecule has 35 heavy (non-hydrogen) atoms. The molecular formula is C28H32Cl2N4O. The van der Waals surface area contributed by atoms with Gasteiger partial charge in [-0.3, -0.25) is 19.6 Å². The van der Waals surface area contributed by atoms with Crippen LogP contribution in [-0.2, 0) is 6.54 Å². The standard InChI is InChI=1S/C28H32Cl2N4O/c29-24-6-7-26(30)23(16-24)19-33-13-9-25(10-14-33)34-12-2-3-20(18-34)17-32-28(35)22-5-8-27-21(15-22)4-1-11-31-27/h1,4-8,11,15-16,20,25H,2-3,9-10,12-14,17-19H2,(H,32,35). The van der Waals surface area contributed by atoms with E-state index in [1.165, 1.54) is 25.7 Å². The maximum atomic E-state index is 12.8. The summed E-state index contributed by atoms with van der Waals surface area (Å²) in [6.07, 6.45) is 6.48. The third-order valence-corrected chi connectivity index (χ3v) is 8.05. The summed E-state index contributed by atoms with van der Waals surface area (Å²) >= 11 is 12.5. The summed E-state index contributed by atoms with van der Waals surface area (Å²) in [6, 6.07) is 15.9. The van der Waals surface area contributed by atoms with Crippen LogP contribution in [0.5, 0.6) is 0 Å². The second-order valence-corrected chi connectivity index (χ2v) is 10.7. The van der Waals surface area contributed by atoms with Crippen LogP contribution in [0.2, 0.25) is 10.0 Å². The van der Waals surface area contributed by atoms with E-state index in [2.05, 4.69) is 20.1 Å². The molecule has 3 heterocycles. The predicted molar refractivity (Wildman–Crippen MR) is 143 cm³/mol. The lowest BCUT2D eigenvalue weighted by Gasteiger charge is -2.42. The fourth-order valence-corrected chi connectivity index (χ4v) is 5.87. The Bertz CT molecular complexity index is 1180. The van der Waals surface area contributed by atoms with Gasteiger partial charge in [0.25, 0.3) is 5.91 Å². The number of nitrogens with zero attached hydrogens (tertiary/aromatic N) is 3. The Labute approximate surface area is 217 Å². The Hall–Kier alpha value is -2.18. The second kappa shape index (κ2) is 11.3. The number of hydrogen-bond acceptors (Lipinski definition) is 4. The third-order valence-electron chi connectivity index (χ3n) is 7.44. The van der Waals surface area contributed by atoms with Crippen molar-refractivity contribution in [3.05, 3.63) is 75.9 Å². The van der Waals surface area contributed by atoms with Crippen LogP contribution >= 0.6 is 23.2 Å². The number of aromatic nitrogens is 1. The quantitative estimate of drug-likeness (QED) is 0.465. The smallest absolute Gasteiger partial charge is 0.251 e. The molecule has 1 N–H and O–H groups in total. The molecule has 7 heteroatoms. The minimum Gasteiger partial charge on any atom is -0.352 e. The van der Waals surface area contributed by atoms with Crippen LogP contribution in [-0.4, -0.2) is 59.5 Å². The molecule has 1 unspecified atom stereocenters. The van der Waals surface area contributed by atoms with Crippen LogP contribution < -0.4 is 5.32 Å². The lowest BCUT2D eigenvalue weighted by Crippen LogP contribution is -2.49. The molecule has 5 rings (SSSR count). The number of hydrogen-bond donors (Lipinski definition) is 1. The van der Waals surface area contributed by atoms with E-state index in [9.17, 15) is 4.79 Å². The van der Waals surface area contributed by atoms with Gasteiger partial charge in [-0.25, -0.2) is 0 Å². The number of nitrogens with one attached hydrogen (secondary N) is 1. The molecule has 0 saturated carbocycles. The topological polar surface area (TPSA) is 48.5 Å². The van der Waals surface area contributed by atoms with Gasteiger partial charge in [0.2, 0.25) is 0 Å². The largest absolute Gasteiger partial charge is 0.352 e. The molecule has 0 radical (unpaired) electrons. The molecule has 0 bridgehead atoms. The van der Waals surface area contributed by atoms with Crippen molar-refractivity contribution in [2.75, 3.05) is 32.7 Å². The lowest BCUT2D eigenvalue weighted by molar-refractivity contribution is 0.0675. The first-order valence-corrected chi connectivity index (χ1v) is 13.3. The van der Waals surface area contributed by atoms with Gasteiger partial charge in [0.15, 0.2) is 0 Å². The molecular weight excluding hydrogens is 479 g/mol. The van der Waals surface area contributed by atoms with Gasteiger partial charge >= 0.3 is 0 Å². The zero-order chi connectivity index (χ0) is 24.2. The first-order chi connectivity index (χ1) is 17.0. The average molecular weight is 511 g/mol. The lowest BCUT2D eigenvalue weighted by atomic mass is 9.93. The molecule has 2 aliphatic rings. The highest BCUT2D eigenvalue weighted by molar-refractivity contribution is 6.33. The molecule has 3 aromatic rings. The average Bonchev–Trinajstić information content (AvgIpc) is 2.89. The van der Waals surface area contributed by atoms with Gasteiger partial charge in [0, 0.05) is 52.9 Å². The van der Waals surface area contributed by atoms with Crippen LogP contribution in [0.4, 0.5) is 0 Å².